The first kappa shape index (κ1) is 13.1. The van der Waals surface area contributed by atoms with Crippen LogP contribution in [0, 0.1) is 0 Å². The number of anilines is 1. The second kappa shape index (κ2) is 5.09. The van der Waals surface area contributed by atoms with Gasteiger partial charge in [0.15, 0.2) is 0 Å². The van der Waals surface area contributed by atoms with E-state index in [1.165, 1.54) is 19.1 Å². The number of carbonyl (C=O) groups excluding carboxylic acids is 3. The Morgan fingerprint density at radius 2 is 2.16 bits per heavy atom. The van der Waals surface area contributed by atoms with Gasteiger partial charge in [0.2, 0.25) is 5.91 Å². The van der Waals surface area contributed by atoms with E-state index in [-0.39, 0.29) is 18.4 Å². The van der Waals surface area contributed by atoms with E-state index in [1.54, 1.807) is 18.2 Å². The second-order valence-electron chi connectivity index (χ2n) is 4.33. The van der Waals surface area contributed by atoms with Crippen LogP contribution >= 0.6 is 0 Å². The molecule has 0 saturated heterocycles. The van der Waals surface area contributed by atoms with Crippen LogP contribution in [-0.2, 0) is 20.7 Å². The fourth-order valence-corrected chi connectivity index (χ4v) is 1.90. The molecule has 0 fully saturated rings. The van der Waals surface area contributed by atoms with Crippen molar-refractivity contribution in [2.24, 2.45) is 0 Å². The molecule has 0 bridgehead atoms. The van der Waals surface area contributed by atoms with Gasteiger partial charge in [-0.3, -0.25) is 14.4 Å². The van der Waals surface area contributed by atoms with Crippen LogP contribution in [0.15, 0.2) is 18.2 Å². The van der Waals surface area contributed by atoms with Crippen LogP contribution in [0.3, 0.4) is 0 Å². The first-order valence-electron chi connectivity index (χ1n) is 5.76. The molecule has 1 heterocycles. The number of amides is 2. The molecule has 0 aromatic heterocycles. The molecule has 2 amide bonds. The molecule has 100 valence electrons. The topological polar surface area (TPSA) is 75.7 Å². The molecular formula is C13H14N2O4. The normalized spacial score (nSPS) is 12.6. The number of carbonyl (C=O) groups is 3. The Balaban J connectivity index is 2.14. The second-order valence-corrected chi connectivity index (χ2v) is 4.33. The lowest BCUT2D eigenvalue weighted by atomic mass is 10.1. The maximum absolute atomic E-state index is 12.1. The van der Waals surface area contributed by atoms with Gasteiger partial charge in [-0.15, -0.1) is 0 Å². The van der Waals surface area contributed by atoms with E-state index in [4.69, 9.17) is 0 Å². The van der Waals surface area contributed by atoms with Crippen LogP contribution in [-0.4, -0.2) is 43.4 Å². The quantitative estimate of drug-likeness (QED) is 0.801. The van der Waals surface area contributed by atoms with Crippen molar-refractivity contribution in [3.8, 4) is 0 Å². The fourth-order valence-electron chi connectivity index (χ4n) is 1.90. The van der Waals surface area contributed by atoms with Crippen molar-refractivity contribution in [1.82, 2.24) is 4.90 Å². The maximum Gasteiger partial charge on any atom is 0.325 e. The molecule has 1 N–H and O–H groups in total. The molecule has 1 aromatic rings. The third-order valence-corrected chi connectivity index (χ3v) is 2.92. The molecule has 0 atom stereocenters. The minimum Gasteiger partial charge on any atom is -0.468 e. The molecule has 2 rings (SSSR count). The van der Waals surface area contributed by atoms with Gasteiger partial charge in [-0.2, -0.15) is 0 Å². The summed E-state index contributed by atoms with van der Waals surface area (Å²) in [5, 5.41) is 2.68. The number of methoxy groups -OCH3 is 1. The number of likely N-dealkylation sites (N-methyl/N-ethyl adjacent to an activating group) is 1. The van der Waals surface area contributed by atoms with Crippen LogP contribution in [0.4, 0.5) is 5.69 Å². The van der Waals surface area contributed by atoms with Gasteiger partial charge in [-0.25, -0.2) is 0 Å². The third-order valence-electron chi connectivity index (χ3n) is 2.92. The summed E-state index contributed by atoms with van der Waals surface area (Å²) in [5.41, 5.74) is 1.95. The number of nitrogens with zero attached hydrogens (tertiary/aromatic N) is 1. The van der Waals surface area contributed by atoms with E-state index in [0.717, 1.165) is 5.56 Å². The standard InChI is InChI=1S/C13H14N2O4/c1-15(7-12(17)19-2)13(18)9-4-3-8-6-11(16)14-10(8)5-9/h3-5H,6-7H2,1-2H3,(H,14,16). The lowest BCUT2D eigenvalue weighted by molar-refractivity contribution is -0.141. The van der Waals surface area contributed by atoms with Gasteiger partial charge in [0.1, 0.15) is 6.54 Å². The van der Waals surface area contributed by atoms with Crippen molar-refractivity contribution in [3.63, 3.8) is 0 Å². The number of rotatable bonds is 3. The van der Waals surface area contributed by atoms with Gasteiger partial charge in [0.05, 0.1) is 13.5 Å². The Labute approximate surface area is 110 Å². The number of hydrogen-bond acceptors (Lipinski definition) is 4. The van der Waals surface area contributed by atoms with E-state index in [9.17, 15) is 14.4 Å². The largest absolute Gasteiger partial charge is 0.468 e. The molecule has 19 heavy (non-hydrogen) atoms. The molecule has 1 aromatic carbocycles. The highest BCUT2D eigenvalue weighted by Gasteiger charge is 2.21. The summed E-state index contributed by atoms with van der Waals surface area (Å²) in [6, 6.07) is 5.01. The molecular weight excluding hydrogens is 248 g/mol. The smallest absolute Gasteiger partial charge is 0.325 e. The highest BCUT2D eigenvalue weighted by Crippen LogP contribution is 2.24. The number of hydrogen-bond donors (Lipinski definition) is 1. The third kappa shape index (κ3) is 2.73. The monoisotopic (exact) mass is 262 g/mol. The highest BCUT2D eigenvalue weighted by atomic mass is 16.5. The summed E-state index contributed by atoms with van der Waals surface area (Å²) >= 11 is 0. The zero-order valence-electron chi connectivity index (χ0n) is 10.7. The molecule has 0 spiro atoms. The van der Waals surface area contributed by atoms with E-state index in [0.29, 0.717) is 17.7 Å². The molecule has 1 aliphatic heterocycles. The van der Waals surface area contributed by atoms with Crippen LogP contribution in [0.1, 0.15) is 15.9 Å². The van der Waals surface area contributed by atoms with Gasteiger partial charge in [-0.1, -0.05) is 6.07 Å². The first-order valence-corrected chi connectivity index (χ1v) is 5.76. The number of fused-ring (bicyclic) bond motifs is 1. The fraction of sp³-hybridized carbons (Fsp3) is 0.308. The Morgan fingerprint density at radius 3 is 2.84 bits per heavy atom. The minimum absolute atomic E-state index is 0.0810. The van der Waals surface area contributed by atoms with Crippen molar-refractivity contribution >= 4 is 23.5 Å². The number of nitrogens with one attached hydrogen (secondary N) is 1. The molecule has 1 aliphatic rings. The summed E-state index contributed by atoms with van der Waals surface area (Å²) in [6.07, 6.45) is 0.335. The van der Waals surface area contributed by atoms with E-state index >= 15 is 0 Å². The van der Waals surface area contributed by atoms with E-state index in [2.05, 4.69) is 10.1 Å². The number of esters is 1. The first-order chi connectivity index (χ1) is 9.01. The van der Waals surface area contributed by atoms with Crippen molar-refractivity contribution < 1.29 is 19.1 Å². The van der Waals surface area contributed by atoms with Gasteiger partial charge in [0.25, 0.3) is 5.91 Å². The Bertz CT molecular complexity index is 554. The van der Waals surface area contributed by atoms with Crippen molar-refractivity contribution in [3.05, 3.63) is 29.3 Å². The maximum atomic E-state index is 12.1. The summed E-state index contributed by atoms with van der Waals surface area (Å²) < 4.78 is 4.51. The zero-order chi connectivity index (χ0) is 14.0. The van der Waals surface area contributed by atoms with Gasteiger partial charge < -0.3 is 15.0 Å². The Hall–Kier alpha value is -2.37. The predicted molar refractivity (Wildman–Crippen MR) is 67.8 cm³/mol. The van der Waals surface area contributed by atoms with E-state index in [1.807, 2.05) is 0 Å². The summed E-state index contributed by atoms with van der Waals surface area (Å²) in [4.78, 5) is 35.7. The van der Waals surface area contributed by atoms with Crippen molar-refractivity contribution in [2.75, 3.05) is 26.0 Å². The van der Waals surface area contributed by atoms with Crippen LogP contribution in [0.5, 0.6) is 0 Å². The van der Waals surface area contributed by atoms with Crippen LogP contribution < -0.4 is 5.32 Å². The van der Waals surface area contributed by atoms with Gasteiger partial charge in [0, 0.05) is 18.3 Å². The van der Waals surface area contributed by atoms with Crippen molar-refractivity contribution in [2.45, 2.75) is 6.42 Å². The van der Waals surface area contributed by atoms with E-state index < -0.39 is 5.97 Å². The van der Waals surface area contributed by atoms with Crippen LogP contribution in [0.2, 0.25) is 0 Å². The number of benzene rings is 1. The number of ether oxygens (including phenoxy) is 1. The zero-order valence-corrected chi connectivity index (χ0v) is 10.7. The summed E-state index contributed by atoms with van der Waals surface area (Å²) in [5.74, 6) is -0.859. The molecule has 0 radical (unpaired) electrons. The Kier molecular flexibility index (Phi) is 3.50. The van der Waals surface area contributed by atoms with Crippen molar-refractivity contribution in [1.29, 1.82) is 0 Å². The molecule has 0 unspecified atom stereocenters. The highest BCUT2D eigenvalue weighted by molar-refractivity contribution is 6.02. The average Bonchev–Trinajstić information content (AvgIpc) is 2.76. The Morgan fingerprint density at radius 1 is 1.42 bits per heavy atom. The van der Waals surface area contributed by atoms with Crippen LogP contribution in [0.25, 0.3) is 0 Å². The molecule has 6 heteroatoms. The van der Waals surface area contributed by atoms with Gasteiger partial charge >= 0.3 is 5.97 Å². The predicted octanol–water partition coefficient (Wildman–Crippen LogP) is 0.426. The molecule has 6 nitrogen and oxygen atoms in total. The summed E-state index contributed by atoms with van der Waals surface area (Å²) in [6.45, 7) is -0.112. The minimum atomic E-state index is -0.481. The van der Waals surface area contributed by atoms with Gasteiger partial charge in [-0.05, 0) is 17.7 Å². The lowest BCUT2D eigenvalue weighted by Gasteiger charge is -2.16. The lowest BCUT2D eigenvalue weighted by Crippen LogP contribution is -2.32. The molecule has 0 aliphatic carbocycles. The average molecular weight is 262 g/mol. The SMILES string of the molecule is COC(=O)CN(C)C(=O)c1ccc2c(c1)NC(=O)C2. The summed E-state index contributed by atoms with van der Waals surface area (Å²) in [7, 11) is 2.79. The molecule has 0 saturated carbocycles.